The lowest BCUT2D eigenvalue weighted by molar-refractivity contribution is 0.280. The smallest absolute Gasteiger partial charge is 0.123 e. The topological polar surface area (TPSA) is 109 Å². The van der Waals surface area contributed by atoms with Crippen molar-refractivity contribution in [1.82, 2.24) is 0 Å². The zero-order chi connectivity index (χ0) is 24.8. The minimum Gasteiger partial charge on any atom is -0.508 e. The van der Waals surface area contributed by atoms with Gasteiger partial charge in [-0.1, -0.05) is 17.7 Å². The second-order valence-electron chi connectivity index (χ2n) is 8.21. The molecule has 0 unspecified atom stereocenters. The Kier molecular flexibility index (Phi) is 7.16. The number of ether oxygens (including phenoxy) is 3. The molecule has 4 rings (SSSR count). The molecule has 0 saturated heterocycles. The third kappa shape index (κ3) is 6.98. The molecule has 4 aromatic carbocycles. The lowest BCUT2D eigenvalue weighted by Crippen LogP contribution is -2.01. The number of hydrogen-bond acceptors (Lipinski definition) is 7. The number of aromatic hydroxyl groups is 4. The molecule has 0 heterocycles. The molecule has 0 fully saturated rings. The normalized spacial score (nSPS) is 10.7. The van der Waals surface area contributed by atoms with Crippen LogP contribution in [0.3, 0.4) is 0 Å². The number of rotatable bonds is 9. The van der Waals surface area contributed by atoms with Crippen molar-refractivity contribution in [2.24, 2.45) is 0 Å². The molecule has 0 aliphatic rings. The summed E-state index contributed by atoms with van der Waals surface area (Å²) in [6.45, 7) is 2.51. The fraction of sp³-hybridized carbons (Fsp3) is 0.143. The van der Waals surface area contributed by atoms with Crippen LogP contribution < -0.4 is 14.2 Å². The first-order chi connectivity index (χ1) is 16.8. The van der Waals surface area contributed by atoms with Crippen molar-refractivity contribution in [1.29, 1.82) is 0 Å². The molecule has 0 atom stereocenters. The highest BCUT2D eigenvalue weighted by atomic mass is 16.5. The van der Waals surface area contributed by atoms with E-state index < -0.39 is 0 Å². The summed E-state index contributed by atoms with van der Waals surface area (Å²) in [6.07, 6.45) is 0. The monoisotopic (exact) mass is 474 g/mol. The second kappa shape index (κ2) is 10.6. The molecule has 0 saturated carbocycles. The van der Waals surface area contributed by atoms with E-state index in [1.165, 1.54) is 36.4 Å². The van der Waals surface area contributed by atoms with Gasteiger partial charge in [-0.15, -0.1) is 0 Å². The van der Waals surface area contributed by atoms with Gasteiger partial charge in [0, 0.05) is 18.2 Å². The number of hydrogen-bond donors (Lipinski definition) is 4. The van der Waals surface area contributed by atoms with Crippen molar-refractivity contribution in [3.8, 4) is 40.2 Å². The fourth-order valence-corrected chi connectivity index (χ4v) is 3.49. The maximum Gasteiger partial charge on any atom is 0.123 e. The Morgan fingerprint density at radius 1 is 0.457 bits per heavy atom. The summed E-state index contributed by atoms with van der Waals surface area (Å²) in [5, 5.41) is 38.8. The molecule has 0 spiro atoms. The maximum absolute atomic E-state index is 9.70. The van der Waals surface area contributed by atoms with Gasteiger partial charge in [-0.05, 0) is 72.1 Å². The summed E-state index contributed by atoms with van der Waals surface area (Å²) in [7, 11) is 0. The van der Waals surface area contributed by atoms with E-state index >= 15 is 0 Å². The Morgan fingerprint density at radius 2 is 0.829 bits per heavy atom. The van der Waals surface area contributed by atoms with Crippen LogP contribution >= 0.6 is 0 Å². The summed E-state index contributed by atoms with van der Waals surface area (Å²) in [4.78, 5) is 0. The third-order valence-electron chi connectivity index (χ3n) is 5.10. The third-order valence-corrected chi connectivity index (χ3v) is 5.10. The standard InChI is InChI=1S/C28H26O7/c1-18-2-4-26(5-3-18)33-17-21-10-27(34-15-19-6-22(29)12-23(30)7-19)14-28(11-21)35-16-20-8-24(31)13-25(32)9-20/h2-14,29-32H,15-17H2,1H3. The molecule has 4 N–H and O–H groups in total. The number of phenolic OH excluding ortho intramolecular Hbond substituents is 4. The van der Waals surface area contributed by atoms with E-state index in [2.05, 4.69) is 0 Å². The number of benzene rings is 4. The fourth-order valence-electron chi connectivity index (χ4n) is 3.49. The van der Waals surface area contributed by atoms with Crippen molar-refractivity contribution in [2.75, 3.05) is 0 Å². The second-order valence-corrected chi connectivity index (χ2v) is 8.21. The molecule has 0 aliphatic heterocycles. The molecular formula is C28H26O7. The van der Waals surface area contributed by atoms with Crippen molar-refractivity contribution >= 4 is 0 Å². The van der Waals surface area contributed by atoms with Crippen LogP contribution in [0.2, 0.25) is 0 Å². The van der Waals surface area contributed by atoms with Gasteiger partial charge in [-0.25, -0.2) is 0 Å². The summed E-state index contributed by atoms with van der Waals surface area (Å²) >= 11 is 0. The van der Waals surface area contributed by atoms with Gasteiger partial charge < -0.3 is 34.6 Å². The van der Waals surface area contributed by atoms with Crippen molar-refractivity contribution in [2.45, 2.75) is 26.7 Å². The molecular weight excluding hydrogens is 448 g/mol. The molecule has 0 aliphatic carbocycles. The zero-order valence-electron chi connectivity index (χ0n) is 19.1. The zero-order valence-corrected chi connectivity index (χ0v) is 19.1. The minimum atomic E-state index is -0.0535. The van der Waals surface area contributed by atoms with Crippen LogP contribution in [0.5, 0.6) is 40.2 Å². The molecule has 180 valence electrons. The number of aryl methyl sites for hydroxylation is 1. The molecule has 0 amide bonds. The minimum absolute atomic E-state index is 0.0535. The molecule has 7 nitrogen and oxygen atoms in total. The lowest BCUT2D eigenvalue weighted by atomic mass is 10.2. The van der Waals surface area contributed by atoms with Crippen LogP contribution in [0, 0.1) is 6.92 Å². The van der Waals surface area contributed by atoms with Gasteiger partial charge in [-0.2, -0.15) is 0 Å². The van der Waals surface area contributed by atoms with Crippen LogP contribution in [-0.4, -0.2) is 20.4 Å². The van der Waals surface area contributed by atoms with E-state index in [1.807, 2.05) is 43.3 Å². The van der Waals surface area contributed by atoms with Gasteiger partial charge >= 0.3 is 0 Å². The van der Waals surface area contributed by atoms with Gasteiger partial charge in [0.25, 0.3) is 0 Å². The van der Waals surface area contributed by atoms with E-state index in [0.717, 1.165) is 16.9 Å². The quantitative estimate of drug-likeness (QED) is 0.252. The Hall–Kier alpha value is -4.52. The predicted octanol–water partition coefficient (Wildman–Crippen LogP) is 5.55. The number of phenols is 4. The lowest BCUT2D eigenvalue weighted by Gasteiger charge is -2.14. The Bertz CT molecular complexity index is 1190. The van der Waals surface area contributed by atoms with E-state index in [1.54, 1.807) is 6.07 Å². The highest BCUT2D eigenvalue weighted by Crippen LogP contribution is 2.28. The molecule has 0 bridgehead atoms. The van der Waals surface area contributed by atoms with Gasteiger partial charge in [0.1, 0.15) is 60.1 Å². The van der Waals surface area contributed by atoms with Crippen molar-refractivity contribution in [3.05, 3.63) is 101 Å². The summed E-state index contributed by atoms with van der Waals surface area (Å²) < 4.78 is 17.7. The van der Waals surface area contributed by atoms with Crippen LogP contribution in [0.1, 0.15) is 22.3 Å². The summed E-state index contributed by atoms with van der Waals surface area (Å²) in [5.74, 6) is 1.53. The van der Waals surface area contributed by atoms with Crippen molar-refractivity contribution in [3.63, 3.8) is 0 Å². The first-order valence-corrected chi connectivity index (χ1v) is 11.0. The van der Waals surface area contributed by atoms with Crippen molar-refractivity contribution < 1.29 is 34.6 Å². The molecule has 4 aromatic rings. The van der Waals surface area contributed by atoms with Gasteiger partial charge in [0.2, 0.25) is 0 Å². The molecule has 7 heteroatoms. The van der Waals surface area contributed by atoms with E-state index in [4.69, 9.17) is 14.2 Å². The Morgan fingerprint density at radius 3 is 1.26 bits per heavy atom. The van der Waals surface area contributed by atoms with Gasteiger partial charge in [0.15, 0.2) is 0 Å². The first-order valence-electron chi connectivity index (χ1n) is 11.0. The Labute approximate surface area is 203 Å². The van der Waals surface area contributed by atoms with E-state index in [0.29, 0.717) is 22.6 Å². The van der Waals surface area contributed by atoms with Crippen LogP contribution in [0.4, 0.5) is 0 Å². The summed E-state index contributed by atoms with van der Waals surface area (Å²) in [6, 6.07) is 21.6. The highest BCUT2D eigenvalue weighted by molar-refractivity contribution is 5.41. The van der Waals surface area contributed by atoms with E-state index in [-0.39, 0.29) is 42.8 Å². The predicted molar refractivity (Wildman–Crippen MR) is 130 cm³/mol. The average molecular weight is 475 g/mol. The van der Waals surface area contributed by atoms with Crippen LogP contribution in [0.15, 0.2) is 78.9 Å². The van der Waals surface area contributed by atoms with Gasteiger partial charge in [-0.3, -0.25) is 0 Å². The first kappa shape index (κ1) is 23.6. The van der Waals surface area contributed by atoms with E-state index in [9.17, 15) is 20.4 Å². The molecule has 35 heavy (non-hydrogen) atoms. The van der Waals surface area contributed by atoms with Crippen LogP contribution in [0.25, 0.3) is 0 Å². The van der Waals surface area contributed by atoms with Gasteiger partial charge in [0.05, 0.1) is 0 Å². The highest BCUT2D eigenvalue weighted by Gasteiger charge is 2.08. The SMILES string of the molecule is Cc1ccc(OCc2cc(OCc3cc(O)cc(O)c3)cc(OCc3cc(O)cc(O)c3)c2)cc1. The average Bonchev–Trinajstić information content (AvgIpc) is 2.80. The Balaban J connectivity index is 1.52. The molecule has 0 radical (unpaired) electrons. The summed E-state index contributed by atoms with van der Waals surface area (Å²) in [5.41, 5.74) is 3.14. The maximum atomic E-state index is 9.70. The molecule has 0 aromatic heterocycles. The largest absolute Gasteiger partial charge is 0.508 e. The van der Waals surface area contributed by atoms with Crippen LogP contribution in [-0.2, 0) is 19.8 Å².